The number of sulfonamides is 1. The van der Waals surface area contributed by atoms with Crippen LogP contribution in [0.5, 0.6) is 0 Å². The SMILES string of the molecule is CC(C)C(C)NS(=O)(=O)c1ccc(S(=O)(=O)Cl)cc1F. The van der Waals surface area contributed by atoms with E-state index in [1.54, 1.807) is 6.92 Å². The molecule has 0 saturated carbocycles. The third-order valence-electron chi connectivity index (χ3n) is 2.82. The summed E-state index contributed by atoms with van der Waals surface area (Å²) in [6.07, 6.45) is 0. The molecule has 0 aromatic heterocycles. The van der Waals surface area contributed by atoms with Crippen LogP contribution in [0.4, 0.5) is 4.39 Å². The zero-order valence-corrected chi connectivity index (χ0v) is 13.5. The van der Waals surface area contributed by atoms with Gasteiger partial charge in [0.1, 0.15) is 10.7 Å². The molecule has 5 nitrogen and oxygen atoms in total. The predicted octanol–water partition coefficient (Wildman–Crippen LogP) is 2.08. The lowest BCUT2D eigenvalue weighted by Gasteiger charge is -2.17. The molecule has 0 amide bonds. The maximum atomic E-state index is 13.8. The van der Waals surface area contributed by atoms with Crippen molar-refractivity contribution >= 4 is 29.8 Å². The molecule has 114 valence electrons. The van der Waals surface area contributed by atoms with E-state index >= 15 is 0 Å². The highest BCUT2D eigenvalue weighted by Crippen LogP contribution is 2.22. The molecule has 0 heterocycles. The van der Waals surface area contributed by atoms with E-state index in [0.29, 0.717) is 6.07 Å². The molecule has 0 aliphatic heterocycles. The van der Waals surface area contributed by atoms with Gasteiger partial charge in [-0.1, -0.05) is 13.8 Å². The third-order valence-corrected chi connectivity index (χ3v) is 5.76. The molecule has 0 fully saturated rings. The largest absolute Gasteiger partial charge is 0.261 e. The van der Waals surface area contributed by atoms with Crippen LogP contribution >= 0.6 is 10.7 Å². The molecule has 9 heteroatoms. The van der Waals surface area contributed by atoms with Crippen molar-refractivity contribution in [3.8, 4) is 0 Å². The van der Waals surface area contributed by atoms with Crippen LogP contribution in [0.15, 0.2) is 28.0 Å². The molecule has 1 unspecified atom stereocenters. The summed E-state index contributed by atoms with van der Waals surface area (Å²) in [5.41, 5.74) is 0. The lowest BCUT2D eigenvalue weighted by atomic mass is 10.1. The van der Waals surface area contributed by atoms with Gasteiger partial charge in [0.25, 0.3) is 9.05 Å². The van der Waals surface area contributed by atoms with E-state index in [4.69, 9.17) is 10.7 Å². The summed E-state index contributed by atoms with van der Waals surface area (Å²) in [6, 6.07) is 2.01. The Morgan fingerprint density at radius 3 is 2.10 bits per heavy atom. The van der Waals surface area contributed by atoms with Gasteiger partial charge in [-0.2, -0.15) is 0 Å². The van der Waals surface area contributed by atoms with Crippen LogP contribution in [-0.2, 0) is 19.1 Å². The van der Waals surface area contributed by atoms with Crippen molar-refractivity contribution in [2.24, 2.45) is 5.92 Å². The Morgan fingerprint density at radius 1 is 1.15 bits per heavy atom. The smallest absolute Gasteiger partial charge is 0.208 e. The van der Waals surface area contributed by atoms with Gasteiger partial charge in [-0.3, -0.25) is 0 Å². The zero-order valence-electron chi connectivity index (χ0n) is 11.1. The number of benzene rings is 1. The normalized spacial score (nSPS) is 14.5. The van der Waals surface area contributed by atoms with Crippen molar-refractivity contribution < 1.29 is 21.2 Å². The number of nitrogens with one attached hydrogen (secondary N) is 1. The molecular formula is C11H15ClFNO4S2. The summed E-state index contributed by atoms with van der Waals surface area (Å²) in [7, 11) is -3.10. The molecule has 0 bridgehead atoms. The highest BCUT2D eigenvalue weighted by atomic mass is 35.7. The van der Waals surface area contributed by atoms with Crippen molar-refractivity contribution in [1.29, 1.82) is 0 Å². The fourth-order valence-corrected chi connectivity index (χ4v) is 3.51. The van der Waals surface area contributed by atoms with Crippen LogP contribution in [-0.4, -0.2) is 22.9 Å². The van der Waals surface area contributed by atoms with Gasteiger partial charge in [0.15, 0.2) is 0 Å². The predicted molar refractivity (Wildman–Crippen MR) is 74.1 cm³/mol. The van der Waals surface area contributed by atoms with Gasteiger partial charge in [0, 0.05) is 16.7 Å². The van der Waals surface area contributed by atoms with Crippen LogP contribution in [0, 0.1) is 11.7 Å². The zero-order chi connectivity index (χ0) is 15.7. The average Bonchev–Trinajstić information content (AvgIpc) is 2.26. The molecule has 0 aliphatic rings. The molecule has 0 spiro atoms. The van der Waals surface area contributed by atoms with Gasteiger partial charge in [-0.25, -0.2) is 25.9 Å². The summed E-state index contributed by atoms with van der Waals surface area (Å²) in [6.45, 7) is 5.27. The quantitative estimate of drug-likeness (QED) is 0.830. The van der Waals surface area contributed by atoms with Gasteiger partial charge < -0.3 is 0 Å². The molecule has 0 saturated heterocycles. The lowest BCUT2D eigenvalue weighted by Crippen LogP contribution is -2.36. The summed E-state index contributed by atoms with van der Waals surface area (Å²) >= 11 is 0. The minimum Gasteiger partial charge on any atom is -0.208 e. The summed E-state index contributed by atoms with van der Waals surface area (Å²) in [5.74, 6) is -1.15. The minimum atomic E-state index is -4.11. The fourth-order valence-electron chi connectivity index (χ4n) is 1.30. The molecule has 1 aromatic carbocycles. The molecule has 0 radical (unpaired) electrons. The van der Waals surface area contributed by atoms with Gasteiger partial charge in [0.05, 0.1) is 4.90 Å². The molecule has 1 rings (SSSR count). The maximum Gasteiger partial charge on any atom is 0.261 e. The van der Waals surface area contributed by atoms with Gasteiger partial charge in [0.2, 0.25) is 10.0 Å². The van der Waals surface area contributed by atoms with Gasteiger partial charge in [-0.05, 0) is 31.0 Å². The highest BCUT2D eigenvalue weighted by molar-refractivity contribution is 8.13. The topological polar surface area (TPSA) is 80.3 Å². The van der Waals surface area contributed by atoms with Crippen molar-refractivity contribution in [1.82, 2.24) is 4.72 Å². The van der Waals surface area contributed by atoms with Gasteiger partial charge >= 0.3 is 0 Å². The van der Waals surface area contributed by atoms with Crippen LogP contribution < -0.4 is 4.72 Å². The Kier molecular flexibility index (Phi) is 5.18. The van der Waals surface area contributed by atoms with E-state index in [1.807, 2.05) is 13.8 Å². The first-order valence-corrected chi connectivity index (χ1v) is 9.51. The number of rotatable bonds is 5. The molecule has 1 aromatic rings. The minimum absolute atomic E-state index is 0.0235. The van der Waals surface area contributed by atoms with E-state index in [0.717, 1.165) is 12.1 Å². The molecule has 20 heavy (non-hydrogen) atoms. The number of hydrogen-bond acceptors (Lipinski definition) is 4. The van der Waals surface area contributed by atoms with Crippen molar-refractivity contribution in [2.45, 2.75) is 36.6 Å². The summed E-state index contributed by atoms with van der Waals surface area (Å²) in [5, 5.41) is 0. The number of halogens is 2. The van der Waals surface area contributed by atoms with Crippen LogP contribution in [0.2, 0.25) is 0 Å². The third kappa shape index (κ3) is 4.15. The monoisotopic (exact) mass is 343 g/mol. The second kappa shape index (κ2) is 5.97. The Morgan fingerprint density at radius 2 is 1.70 bits per heavy atom. The van der Waals surface area contributed by atoms with Gasteiger partial charge in [-0.15, -0.1) is 0 Å². The Labute approximate surface area is 122 Å². The Bertz CT molecular complexity index is 701. The second-order valence-corrected chi connectivity index (χ2v) is 8.93. The average molecular weight is 344 g/mol. The molecule has 1 atom stereocenters. The summed E-state index contributed by atoms with van der Waals surface area (Å²) in [4.78, 5) is -1.11. The Hall–Kier alpha value is -0.700. The van der Waals surface area contributed by atoms with E-state index in [2.05, 4.69) is 4.72 Å². The van der Waals surface area contributed by atoms with E-state index in [-0.39, 0.29) is 5.92 Å². The van der Waals surface area contributed by atoms with Crippen molar-refractivity contribution in [3.63, 3.8) is 0 Å². The van der Waals surface area contributed by atoms with E-state index in [1.165, 1.54) is 0 Å². The van der Waals surface area contributed by atoms with Crippen molar-refractivity contribution in [2.75, 3.05) is 0 Å². The maximum absolute atomic E-state index is 13.8. The number of hydrogen-bond donors (Lipinski definition) is 1. The molecule has 0 aliphatic carbocycles. The molecule has 1 N–H and O–H groups in total. The lowest BCUT2D eigenvalue weighted by molar-refractivity contribution is 0.473. The molecular weight excluding hydrogens is 329 g/mol. The van der Waals surface area contributed by atoms with E-state index in [9.17, 15) is 21.2 Å². The standard InChI is InChI=1S/C11H15ClFNO4S2/c1-7(2)8(3)14-20(17,18)11-5-4-9(6-10(11)13)19(12,15)16/h4-8,14H,1-3H3. The summed E-state index contributed by atoms with van der Waals surface area (Å²) < 4.78 is 62.2. The van der Waals surface area contributed by atoms with Crippen LogP contribution in [0.25, 0.3) is 0 Å². The highest BCUT2D eigenvalue weighted by Gasteiger charge is 2.24. The van der Waals surface area contributed by atoms with Crippen LogP contribution in [0.1, 0.15) is 20.8 Å². The second-order valence-electron chi connectivity index (χ2n) is 4.68. The Balaban J connectivity index is 3.21. The van der Waals surface area contributed by atoms with Crippen molar-refractivity contribution in [3.05, 3.63) is 24.0 Å². The van der Waals surface area contributed by atoms with E-state index < -0.39 is 40.7 Å². The fraction of sp³-hybridized carbons (Fsp3) is 0.455. The first-order chi connectivity index (χ1) is 8.95. The first kappa shape index (κ1) is 17.4. The van der Waals surface area contributed by atoms with Crippen LogP contribution in [0.3, 0.4) is 0 Å². The first-order valence-electron chi connectivity index (χ1n) is 5.71.